The molecule has 2 heterocycles. The van der Waals surface area contributed by atoms with Gasteiger partial charge in [0.2, 0.25) is 0 Å². The number of nitrogens with zero attached hydrogens (tertiary/aromatic N) is 2. The molecule has 0 spiro atoms. The van der Waals surface area contributed by atoms with Gasteiger partial charge in [-0.1, -0.05) is 59.8 Å². The summed E-state index contributed by atoms with van der Waals surface area (Å²) >= 11 is 0. The molecule has 3 N–H and O–H groups in total. The Kier molecular flexibility index (Phi) is 8.00. The number of aliphatic hydroxyl groups excluding tert-OH is 2. The molecule has 1 fully saturated rings. The summed E-state index contributed by atoms with van der Waals surface area (Å²) in [6.45, 7) is 2.11. The second-order valence-electron chi connectivity index (χ2n) is 8.86. The predicted molar refractivity (Wildman–Crippen MR) is 132 cm³/mol. The maximum absolute atomic E-state index is 12.9. The van der Waals surface area contributed by atoms with Crippen molar-refractivity contribution in [1.29, 1.82) is 0 Å². The number of aromatic nitrogens is 1. The van der Waals surface area contributed by atoms with Crippen molar-refractivity contribution in [2.75, 3.05) is 13.7 Å². The maximum atomic E-state index is 12.9. The molecule has 0 saturated carbocycles. The number of methoxy groups -OCH3 is 1. The Labute approximate surface area is 213 Å². The molecule has 3 aromatic rings. The van der Waals surface area contributed by atoms with E-state index in [0.29, 0.717) is 29.1 Å². The SMILES string of the molecule is COC(=O)c1c(-c2ccc(CNC(=O)[C@H](O)[C@@H](O)C(=O)N3CCC[C@@H]3c3ccccc3)cc2)noc1C. The Balaban J connectivity index is 1.35. The lowest BCUT2D eigenvalue weighted by Gasteiger charge is -2.28. The molecule has 0 radical (unpaired) electrons. The van der Waals surface area contributed by atoms with E-state index in [2.05, 4.69) is 10.5 Å². The first-order chi connectivity index (χ1) is 17.8. The first-order valence-electron chi connectivity index (χ1n) is 11.9. The fourth-order valence-electron chi connectivity index (χ4n) is 4.49. The van der Waals surface area contributed by atoms with Crippen LogP contribution < -0.4 is 5.32 Å². The topological polar surface area (TPSA) is 142 Å². The van der Waals surface area contributed by atoms with Crippen LogP contribution in [-0.2, 0) is 20.9 Å². The van der Waals surface area contributed by atoms with Crippen LogP contribution in [0, 0.1) is 6.92 Å². The standard InChI is InChI=1S/C27H29N3O7/c1-16-21(27(35)36-2)22(29-37-16)19-12-10-17(11-13-19)15-28-25(33)23(31)24(32)26(34)30-14-6-9-20(30)18-7-4-3-5-8-18/h3-5,7-8,10-13,20,23-24,31-32H,6,9,14-15H2,1-2H3,(H,28,33)/t20-,23-,24-/m1/s1. The van der Waals surface area contributed by atoms with Crippen LogP contribution in [0.1, 0.15) is 46.1 Å². The molecule has 37 heavy (non-hydrogen) atoms. The van der Waals surface area contributed by atoms with Gasteiger partial charge in [0.15, 0.2) is 12.2 Å². The lowest BCUT2D eigenvalue weighted by atomic mass is 10.0. The van der Waals surface area contributed by atoms with E-state index in [0.717, 1.165) is 18.4 Å². The van der Waals surface area contributed by atoms with E-state index in [1.54, 1.807) is 31.2 Å². The molecule has 0 unspecified atom stereocenters. The van der Waals surface area contributed by atoms with Gasteiger partial charge in [-0.05, 0) is 30.9 Å². The number of nitrogens with one attached hydrogen (secondary N) is 1. The molecule has 2 aromatic carbocycles. The van der Waals surface area contributed by atoms with Crippen molar-refractivity contribution in [3.05, 3.63) is 77.0 Å². The second-order valence-corrected chi connectivity index (χ2v) is 8.86. The zero-order valence-corrected chi connectivity index (χ0v) is 20.6. The lowest BCUT2D eigenvalue weighted by Crippen LogP contribution is -2.50. The Hall–Kier alpha value is -4.02. The van der Waals surface area contributed by atoms with Gasteiger partial charge in [-0.15, -0.1) is 0 Å². The number of hydrogen-bond acceptors (Lipinski definition) is 8. The highest BCUT2D eigenvalue weighted by atomic mass is 16.5. The number of hydrogen-bond donors (Lipinski definition) is 3. The Morgan fingerprint density at radius 1 is 1.11 bits per heavy atom. The van der Waals surface area contributed by atoms with Crippen LogP contribution >= 0.6 is 0 Å². The molecular formula is C27H29N3O7. The number of ether oxygens (including phenoxy) is 1. The summed E-state index contributed by atoms with van der Waals surface area (Å²) in [5.74, 6) is -1.76. The van der Waals surface area contributed by atoms with Crippen LogP contribution in [0.15, 0.2) is 59.1 Å². The molecule has 1 saturated heterocycles. The Bertz CT molecular complexity index is 1260. The summed E-state index contributed by atoms with van der Waals surface area (Å²) in [6, 6.07) is 16.1. The zero-order valence-electron chi connectivity index (χ0n) is 20.6. The third kappa shape index (κ3) is 5.55. The monoisotopic (exact) mass is 507 g/mol. The fraction of sp³-hybridized carbons (Fsp3) is 0.333. The van der Waals surface area contributed by atoms with Crippen molar-refractivity contribution in [3.8, 4) is 11.3 Å². The predicted octanol–water partition coefficient (Wildman–Crippen LogP) is 2.14. The summed E-state index contributed by atoms with van der Waals surface area (Å²) in [5, 5.41) is 27.3. The minimum atomic E-state index is -1.91. The summed E-state index contributed by atoms with van der Waals surface area (Å²) < 4.78 is 9.92. The zero-order chi connectivity index (χ0) is 26.5. The van der Waals surface area contributed by atoms with Crippen molar-refractivity contribution in [2.45, 2.75) is 44.6 Å². The van der Waals surface area contributed by atoms with Crippen LogP contribution in [0.25, 0.3) is 11.3 Å². The van der Waals surface area contributed by atoms with E-state index in [9.17, 15) is 24.6 Å². The molecule has 1 aromatic heterocycles. The van der Waals surface area contributed by atoms with Gasteiger partial charge in [0.25, 0.3) is 11.8 Å². The van der Waals surface area contributed by atoms with E-state index >= 15 is 0 Å². The molecule has 10 heteroatoms. The average Bonchev–Trinajstić information content (AvgIpc) is 3.58. The Morgan fingerprint density at radius 2 is 1.81 bits per heavy atom. The van der Waals surface area contributed by atoms with E-state index in [4.69, 9.17) is 9.26 Å². The van der Waals surface area contributed by atoms with Gasteiger partial charge < -0.3 is 29.7 Å². The van der Waals surface area contributed by atoms with Gasteiger partial charge in [-0.25, -0.2) is 4.79 Å². The van der Waals surface area contributed by atoms with Crippen LogP contribution in [0.5, 0.6) is 0 Å². The maximum Gasteiger partial charge on any atom is 0.343 e. The molecule has 3 atom stereocenters. The normalized spacial score (nSPS) is 16.8. The largest absolute Gasteiger partial charge is 0.465 e. The molecule has 2 amide bonds. The molecule has 10 nitrogen and oxygen atoms in total. The molecular weight excluding hydrogens is 478 g/mol. The van der Waals surface area contributed by atoms with Gasteiger partial charge >= 0.3 is 5.97 Å². The van der Waals surface area contributed by atoms with Gasteiger partial charge in [-0.3, -0.25) is 9.59 Å². The van der Waals surface area contributed by atoms with Crippen LogP contribution in [0.4, 0.5) is 0 Å². The quantitative estimate of drug-likeness (QED) is 0.394. The molecule has 1 aliphatic heterocycles. The highest BCUT2D eigenvalue weighted by Gasteiger charge is 2.38. The van der Waals surface area contributed by atoms with Gasteiger partial charge in [0.1, 0.15) is 17.0 Å². The van der Waals surface area contributed by atoms with Crippen molar-refractivity contribution in [2.24, 2.45) is 0 Å². The smallest absolute Gasteiger partial charge is 0.343 e. The van der Waals surface area contributed by atoms with Crippen molar-refractivity contribution in [3.63, 3.8) is 0 Å². The Morgan fingerprint density at radius 3 is 2.49 bits per heavy atom. The highest BCUT2D eigenvalue weighted by molar-refractivity contribution is 5.97. The van der Waals surface area contributed by atoms with E-state index < -0.39 is 30.0 Å². The van der Waals surface area contributed by atoms with Crippen molar-refractivity contribution in [1.82, 2.24) is 15.4 Å². The third-order valence-electron chi connectivity index (χ3n) is 6.49. The summed E-state index contributed by atoms with van der Waals surface area (Å²) in [4.78, 5) is 39.0. The number of esters is 1. The van der Waals surface area contributed by atoms with Crippen molar-refractivity contribution < 1.29 is 33.9 Å². The molecule has 0 aliphatic carbocycles. The van der Waals surface area contributed by atoms with Gasteiger partial charge in [0, 0.05) is 18.7 Å². The van der Waals surface area contributed by atoms with Crippen LogP contribution in [-0.4, -0.2) is 63.9 Å². The summed E-state index contributed by atoms with van der Waals surface area (Å²) in [7, 11) is 1.27. The highest BCUT2D eigenvalue weighted by Crippen LogP contribution is 2.32. The number of aryl methyl sites for hydroxylation is 1. The van der Waals surface area contributed by atoms with Crippen LogP contribution in [0.2, 0.25) is 0 Å². The average molecular weight is 508 g/mol. The second kappa shape index (κ2) is 11.4. The summed E-state index contributed by atoms with van der Waals surface area (Å²) in [5.41, 5.74) is 2.83. The minimum Gasteiger partial charge on any atom is -0.465 e. The molecule has 4 rings (SSSR count). The number of carbonyl (C=O) groups is 3. The number of aliphatic hydroxyl groups is 2. The molecule has 194 valence electrons. The fourth-order valence-corrected chi connectivity index (χ4v) is 4.49. The van der Waals surface area contributed by atoms with Gasteiger partial charge in [0.05, 0.1) is 13.2 Å². The number of carbonyl (C=O) groups excluding carboxylic acids is 3. The first kappa shape index (κ1) is 26.1. The first-order valence-corrected chi connectivity index (χ1v) is 11.9. The van der Waals surface area contributed by atoms with E-state index in [-0.39, 0.29) is 18.2 Å². The number of benzene rings is 2. The number of likely N-dealkylation sites (tertiary alicyclic amines) is 1. The molecule has 0 bridgehead atoms. The number of amides is 2. The minimum absolute atomic E-state index is 0.0507. The third-order valence-corrected chi connectivity index (χ3v) is 6.49. The van der Waals surface area contributed by atoms with Crippen molar-refractivity contribution >= 4 is 17.8 Å². The lowest BCUT2D eigenvalue weighted by molar-refractivity contribution is -0.153. The van der Waals surface area contributed by atoms with E-state index in [1.807, 2.05) is 30.3 Å². The van der Waals surface area contributed by atoms with Gasteiger partial charge in [-0.2, -0.15) is 0 Å². The van der Waals surface area contributed by atoms with E-state index in [1.165, 1.54) is 12.0 Å². The summed E-state index contributed by atoms with van der Waals surface area (Å²) in [6.07, 6.45) is -2.27. The molecule has 1 aliphatic rings. The number of rotatable bonds is 8. The van der Waals surface area contributed by atoms with Crippen LogP contribution in [0.3, 0.4) is 0 Å².